The van der Waals surface area contributed by atoms with Gasteiger partial charge >= 0.3 is 0 Å². The Balaban J connectivity index is 1.41. The van der Waals surface area contributed by atoms with Gasteiger partial charge in [0.05, 0.1) is 0 Å². The highest BCUT2D eigenvalue weighted by atomic mass is 19.2. The molecular formula is C20H18F2N2O2. The predicted molar refractivity (Wildman–Crippen MR) is 92.9 cm³/mol. The van der Waals surface area contributed by atoms with E-state index in [-0.39, 0.29) is 24.2 Å². The Kier molecular flexibility index (Phi) is 4.18. The molecule has 1 atom stereocenters. The first-order valence-corrected chi connectivity index (χ1v) is 8.70. The van der Waals surface area contributed by atoms with Gasteiger partial charge in [0.15, 0.2) is 11.6 Å². The molecule has 26 heavy (non-hydrogen) atoms. The fourth-order valence-corrected chi connectivity index (χ4v) is 3.87. The number of hydrogen-bond acceptors (Lipinski definition) is 2. The maximum absolute atomic E-state index is 13.5. The molecule has 0 spiro atoms. The molecule has 1 unspecified atom stereocenters. The Morgan fingerprint density at radius 3 is 2.88 bits per heavy atom. The van der Waals surface area contributed by atoms with Crippen molar-refractivity contribution in [3.8, 4) is 0 Å². The predicted octanol–water partition coefficient (Wildman–Crippen LogP) is 3.66. The Hall–Kier alpha value is -2.76. The molecule has 1 aliphatic carbocycles. The molecule has 4 rings (SSSR count). The standard InChI is InChI=1S/C20H18F2N2O2/c21-16-8-12-5-4-11(14(12)9-17(16)22)6-7-19(25)24-18-3-1-2-13-15(18)10-23-20(13)26/h1-3,8-9,11H,4-7,10H2,(H,23,26)(H,24,25). The summed E-state index contributed by atoms with van der Waals surface area (Å²) < 4.78 is 26.8. The first-order chi connectivity index (χ1) is 12.5. The van der Waals surface area contributed by atoms with Crippen LogP contribution in [0.4, 0.5) is 14.5 Å². The second kappa shape index (κ2) is 6.52. The van der Waals surface area contributed by atoms with Crippen LogP contribution in [0.15, 0.2) is 30.3 Å². The minimum Gasteiger partial charge on any atom is -0.348 e. The Morgan fingerprint density at radius 2 is 2.04 bits per heavy atom. The summed E-state index contributed by atoms with van der Waals surface area (Å²) in [6.45, 7) is 0.408. The van der Waals surface area contributed by atoms with Crippen molar-refractivity contribution in [2.24, 2.45) is 0 Å². The zero-order chi connectivity index (χ0) is 18.3. The van der Waals surface area contributed by atoms with E-state index in [1.54, 1.807) is 18.2 Å². The zero-order valence-electron chi connectivity index (χ0n) is 14.1. The molecular weight excluding hydrogens is 338 g/mol. The summed E-state index contributed by atoms with van der Waals surface area (Å²) in [6, 6.07) is 7.78. The van der Waals surface area contributed by atoms with Crippen molar-refractivity contribution in [2.45, 2.75) is 38.1 Å². The maximum atomic E-state index is 13.5. The summed E-state index contributed by atoms with van der Waals surface area (Å²) in [5.41, 5.74) is 3.68. The van der Waals surface area contributed by atoms with Crippen LogP contribution in [-0.2, 0) is 17.8 Å². The molecule has 0 saturated carbocycles. The van der Waals surface area contributed by atoms with E-state index in [1.165, 1.54) is 12.1 Å². The summed E-state index contributed by atoms with van der Waals surface area (Å²) >= 11 is 0. The molecule has 1 aliphatic heterocycles. The summed E-state index contributed by atoms with van der Waals surface area (Å²) in [6.07, 6.45) is 2.37. The minimum atomic E-state index is -0.836. The Labute approximate surface area is 149 Å². The Bertz CT molecular complexity index is 911. The lowest BCUT2D eigenvalue weighted by Crippen LogP contribution is -2.14. The molecule has 2 amide bonds. The number of amides is 2. The monoisotopic (exact) mass is 356 g/mol. The normalized spacial score (nSPS) is 17.6. The van der Waals surface area contributed by atoms with E-state index >= 15 is 0 Å². The van der Waals surface area contributed by atoms with Gasteiger partial charge in [-0.25, -0.2) is 8.78 Å². The lowest BCUT2D eigenvalue weighted by Gasteiger charge is -2.13. The largest absolute Gasteiger partial charge is 0.348 e. The number of fused-ring (bicyclic) bond motifs is 2. The average Bonchev–Trinajstić information content (AvgIpc) is 3.18. The summed E-state index contributed by atoms with van der Waals surface area (Å²) in [5.74, 6) is -1.86. The highest BCUT2D eigenvalue weighted by Crippen LogP contribution is 2.37. The van der Waals surface area contributed by atoms with Crippen LogP contribution in [0.3, 0.4) is 0 Å². The number of aryl methyl sites for hydroxylation is 1. The molecule has 2 aromatic rings. The molecule has 134 valence electrons. The first kappa shape index (κ1) is 16.7. The fourth-order valence-electron chi connectivity index (χ4n) is 3.87. The van der Waals surface area contributed by atoms with Gasteiger partial charge in [-0.3, -0.25) is 9.59 Å². The van der Waals surface area contributed by atoms with Crippen LogP contribution in [0.1, 0.15) is 52.2 Å². The van der Waals surface area contributed by atoms with Crippen LogP contribution in [0, 0.1) is 11.6 Å². The van der Waals surface area contributed by atoms with Crippen molar-refractivity contribution < 1.29 is 18.4 Å². The molecule has 1 heterocycles. The number of carbonyl (C=O) groups is 2. The molecule has 0 saturated heterocycles. The van der Waals surface area contributed by atoms with Gasteiger partial charge < -0.3 is 10.6 Å². The van der Waals surface area contributed by atoms with E-state index in [9.17, 15) is 18.4 Å². The van der Waals surface area contributed by atoms with Gasteiger partial charge in [-0.05, 0) is 60.6 Å². The van der Waals surface area contributed by atoms with Crippen LogP contribution in [0.5, 0.6) is 0 Å². The maximum Gasteiger partial charge on any atom is 0.251 e. The van der Waals surface area contributed by atoms with Crippen molar-refractivity contribution in [3.63, 3.8) is 0 Å². The second-order valence-corrected chi connectivity index (χ2v) is 6.80. The molecule has 0 fully saturated rings. The van der Waals surface area contributed by atoms with Gasteiger partial charge in [0, 0.05) is 29.8 Å². The van der Waals surface area contributed by atoms with Crippen LogP contribution in [0.25, 0.3) is 0 Å². The smallest absolute Gasteiger partial charge is 0.251 e. The number of rotatable bonds is 4. The molecule has 0 aromatic heterocycles. The number of hydrogen-bond donors (Lipinski definition) is 2. The molecule has 2 N–H and O–H groups in total. The van der Waals surface area contributed by atoms with Gasteiger partial charge in [0.25, 0.3) is 5.91 Å². The van der Waals surface area contributed by atoms with E-state index in [4.69, 9.17) is 0 Å². The zero-order valence-corrected chi connectivity index (χ0v) is 14.1. The fraction of sp³-hybridized carbons (Fsp3) is 0.300. The highest BCUT2D eigenvalue weighted by molar-refractivity contribution is 6.02. The molecule has 4 nitrogen and oxygen atoms in total. The van der Waals surface area contributed by atoms with Crippen molar-refractivity contribution in [1.82, 2.24) is 5.32 Å². The molecule has 2 aliphatic rings. The van der Waals surface area contributed by atoms with Crippen LogP contribution >= 0.6 is 0 Å². The minimum absolute atomic E-state index is 0.0654. The molecule has 2 aromatic carbocycles. The average molecular weight is 356 g/mol. The number of anilines is 1. The number of carbonyl (C=O) groups excluding carboxylic acids is 2. The lowest BCUT2D eigenvalue weighted by molar-refractivity contribution is -0.116. The van der Waals surface area contributed by atoms with Crippen molar-refractivity contribution >= 4 is 17.5 Å². The SMILES string of the molecule is O=C(CCC1CCc2cc(F)c(F)cc21)Nc1cccc2c1CNC2=O. The summed E-state index contributed by atoms with van der Waals surface area (Å²) in [7, 11) is 0. The van der Waals surface area contributed by atoms with Gasteiger partial charge in [0.1, 0.15) is 0 Å². The second-order valence-electron chi connectivity index (χ2n) is 6.80. The number of benzene rings is 2. The van der Waals surface area contributed by atoms with Gasteiger partial charge in [0.2, 0.25) is 5.91 Å². The summed E-state index contributed by atoms with van der Waals surface area (Å²) in [5, 5.41) is 5.61. The van der Waals surface area contributed by atoms with Crippen molar-refractivity contribution in [1.29, 1.82) is 0 Å². The Morgan fingerprint density at radius 1 is 1.23 bits per heavy atom. The van der Waals surface area contributed by atoms with Gasteiger partial charge in [-0.1, -0.05) is 6.07 Å². The van der Waals surface area contributed by atoms with Crippen molar-refractivity contribution in [2.75, 3.05) is 5.32 Å². The van der Waals surface area contributed by atoms with E-state index < -0.39 is 11.6 Å². The van der Waals surface area contributed by atoms with E-state index in [2.05, 4.69) is 10.6 Å². The highest BCUT2D eigenvalue weighted by Gasteiger charge is 2.26. The summed E-state index contributed by atoms with van der Waals surface area (Å²) in [4.78, 5) is 24.0. The van der Waals surface area contributed by atoms with Gasteiger partial charge in [-0.2, -0.15) is 0 Å². The van der Waals surface area contributed by atoms with Gasteiger partial charge in [-0.15, -0.1) is 0 Å². The molecule has 0 radical (unpaired) electrons. The van der Waals surface area contributed by atoms with E-state index in [0.29, 0.717) is 30.6 Å². The third-order valence-electron chi connectivity index (χ3n) is 5.22. The number of halogens is 2. The molecule has 0 bridgehead atoms. The topological polar surface area (TPSA) is 58.2 Å². The van der Waals surface area contributed by atoms with Crippen LogP contribution in [0.2, 0.25) is 0 Å². The van der Waals surface area contributed by atoms with Crippen LogP contribution < -0.4 is 10.6 Å². The number of nitrogens with one attached hydrogen (secondary N) is 2. The van der Waals surface area contributed by atoms with Crippen molar-refractivity contribution in [3.05, 3.63) is 64.2 Å². The third kappa shape index (κ3) is 2.96. The third-order valence-corrected chi connectivity index (χ3v) is 5.22. The van der Waals surface area contributed by atoms with E-state index in [1.807, 2.05) is 0 Å². The lowest BCUT2D eigenvalue weighted by atomic mass is 9.95. The van der Waals surface area contributed by atoms with E-state index in [0.717, 1.165) is 23.1 Å². The van der Waals surface area contributed by atoms with Crippen LogP contribution in [-0.4, -0.2) is 11.8 Å². The quantitative estimate of drug-likeness (QED) is 0.878. The molecule has 6 heteroatoms. The first-order valence-electron chi connectivity index (χ1n) is 8.70.